The maximum absolute atomic E-state index is 13.0. The number of hydrogen-bond donors (Lipinski definition) is 1. The van der Waals surface area contributed by atoms with Gasteiger partial charge in [-0.25, -0.2) is 0 Å². The zero-order valence-corrected chi connectivity index (χ0v) is 17.8. The number of piperidine rings is 1. The fourth-order valence-corrected chi connectivity index (χ4v) is 4.70. The summed E-state index contributed by atoms with van der Waals surface area (Å²) >= 11 is 0. The average molecular weight is 409 g/mol. The fraction of sp³-hybridized carbons (Fsp3) is 0.500. The van der Waals surface area contributed by atoms with Crippen LogP contribution in [-0.4, -0.2) is 83.1 Å². The minimum Gasteiger partial charge on any atom is -0.383 e. The molecular weight excluding hydrogens is 376 g/mol. The van der Waals surface area contributed by atoms with Crippen molar-refractivity contribution >= 4 is 5.91 Å². The molecule has 6 nitrogen and oxygen atoms in total. The first-order chi connectivity index (χ1) is 14.6. The lowest BCUT2D eigenvalue weighted by Gasteiger charge is -2.51. The molecule has 1 aromatic heterocycles. The maximum atomic E-state index is 13.0. The largest absolute Gasteiger partial charge is 0.383 e. The van der Waals surface area contributed by atoms with E-state index in [9.17, 15) is 9.90 Å². The van der Waals surface area contributed by atoms with Crippen molar-refractivity contribution in [2.24, 2.45) is 0 Å². The first kappa shape index (κ1) is 21.0. The standard InChI is InChI=1S/C24H32N4O2/c1-26-15-17-27(18-16-26)22-19-28(23(29)11-10-21-9-5-6-13-25-21)14-12-24(22,30)20-7-3-2-4-8-20/h2-9,13,22,30H,10-12,14-19H2,1H3/t22-,24+/m1/s1. The van der Waals surface area contributed by atoms with Crippen LogP contribution in [0.25, 0.3) is 0 Å². The smallest absolute Gasteiger partial charge is 0.223 e. The van der Waals surface area contributed by atoms with Gasteiger partial charge in [-0.05, 0) is 37.6 Å². The highest BCUT2D eigenvalue weighted by molar-refractivity contribution is 5.76. The van der Waals surface area contributed by atoms with E-state index in [2.05, 4.69) is 21.8 Å². The van der Waals surface area contributed by atoms with Gasteiger partial charge in [-0.2, -0.15) is 0 Å². The summed E-state index contributed by atoms with van der Waals surface area (Å²) in [4.78, 5) is 24.0. The molecule has 2 fully saturated rings. The van der Waals surface area contributed by atoms with Crippen LogP contribution >= 0.6 is 0 Å². The van der Waals surface area contributed by atoms with E-state index < -0.39 is 5.60 Å². The Morgan fingerprint density at radius 1 is 1.07 bits per heavy atom. The summed E-state index contributed by atoms with van der Waals surface area (Å²) in [6, 6.07) is 15.7. The summed E-state index contributed by atoms with van der Waals surface area (Å²) in [7, 11) is 2.13. The molecule has 2 saturated heterocycles. The van der Waals surface area contributed by atoms with Crippen LogP contribution in [0.5, 0.6) is 0 Å². The van der Waals surface area contributed by atoms with E-state index in [4.69, 9.17) is 0 Å². The fourth-order valence-electron chi connectivity index (χ4n) is 4.70. The number of carbonyl (C=O) groups is 1. The summed E-state index contributed by atoms with van der Waals surface area (Å²) < 4.78 is 0. The van der Waals surface area contributed by atoms with Crippen LogP contribution in [0.1, 0.15) is 24.1 Å². The molecule has 0 unspecified atom stereocenters. The van der Waals surface area contributed by atoms with Gasteiger partial charge in [0.05, 0.1) is 6.04 Å². The molecule has 0 aliphatic carbocycles. The second kappa shape index (κ2) is 9.25. The quantitative estimate of drug-likeness (QED) is 0.817. The minimum absolute atomic E-state index is 0.0962. The van der Waals surface area contributed by atoms with Gasteiger partial charge in [0.2, 0.25) is 5.91 Å². The van der Waals surface area contributed by atoms with Crippen molar-refractivity contribution in [1.29, 1.82) is 0 Å². The van der Waals surface area contributed by atoms with E-state index in [0.29, 0.717) is 32.4 Å². The topological polar surface area (TPSA) is 59.9 Å². The zero-order chi connectivity index (χ0) is 21.0. The van der Waals surface area contributed by atoms with Gasteiger partial charge < -0.3 is 14.9 Å². The average Bonchev–Trinajstić information content (AvgIpc) is 2.80. The van der Waals surface area contributed by atoms with Gasteiger partial charge in [0, 0.05) is 57.6 Å². The summed E-state index contributed by atoms with van der Waals surface area (Å²) in [5.41, 5.74) is 0.961. The predicted molar refractivity (Wildman–Crippen MR) is 117 cm³/mol. The molecule has 1 N–H and O–H groups in total. The number of amides is 1. The van der Waals surface area contributed by atoms with Crippen LogP contribution in [0.3, 0.4) is 0 Å². The Morgan fingerprint density at radius 2 is 1.80 bits per heavy atom. The number of piperazine rings is 1. The highest BCUT2D eigenvalue weighted by atomic mass is 16.3. The molecule has 2 aliphatic heterocycles. The Morgan fingerprint density at radius 3 is 2.50 bits per heavy atom. The molecule has 2 aliphatic rings. The summed E-state index contributed by atoms with van der Waals surface area (Å²) in [5.74, 6) is 0.148. The molecule has 3 heterocycles. The Bertz CT molecular complexity index is 824. The molecular formula is C24H32N4O2. The molecule has 2 atom stereocenters. The Hall–Kier alpha value is -2.28. The van der Waals surface area contributed by atoms with Crippen LogP contribution in [0.15, 0.2) is 54.7 Å². The molecule has 0 spiro atoms. The third-order valence-corrected chi connectivity index (χ3v) is 6.63. The van der Waals surface area contributed by atoms with E-state index in [-0.39, 0.29) is 11.9 Å². The van der Waals surface area contributed by atoms with E-state index in [1.807, 2.05) is 53.4 Å². The number of carbonyl (C=O) groups excluding carboxylic acids is 1. The van der Waals surface area contributed by atoms with Gasteiger partial charge in [0.1, 0.15) is 5.60 Å². The lowest BCUT2D eigenvalue weighted by atomic mass is 9.79. The number of nitrogens with zero attached hydrogens (tertiary/aromatic N) is 4. The summed E-state index contributed by atoms with van der Waals surface area (Å²) in [5, 5.41) is 11.8. The lowest BCUT2D eigenvalue weighted by molar-refractivity contribution is -0.145. The van der Waals surface area contributed by atoms with Gasteiger partial charge in [0.25, 0.3) is 0 Å². The van der Waals surface area contributed by atoms with Crippen LogP contribution in [0, 0.1) is 0 Å². The number of pyridine rings is 1. The Kier molecular flexibility index (Phi) is 6.46. The van der Waals surface area contributed by atoms with Crippen molar-refractivity contribution in [2.45, 2.75) is 30.9 Å². The monoisotopic (exact) mass is 408 g/mol. The van der Waals surface area contributed by atoms with Gasteiger partial charge in [-0.1, -0.05) is 36.4 Å². The molecule has 0 bridgehead atoms. The Labute approximate surface area is 179 Å². The maximum Gasteiger partial charge on any atom is 0.223 e. The van der Waals surface area contributed by atoms with Gasteiger partial charge in [-0.3, -0.25) is 14.7 Å². The van der Waals surface area contributed by atoms with E-state index in [1.165, 1.54) is 0 Å². The first-order valence-corrected chi connectivity index (χ1v) is 10.9. The summed E-state index contributed by atoms with van der Waals surface area (Å²) in [6.45, 7) is 4.93. The molecule has 30 heavy (non-hydrogen) atoms. The predicted octanol–water partition coefficient (Wildman–Crippen LogP) is 1.75. The molecule has 1 amide bonds. The lowest BCUT2D eigenvalue weighted by Crippen LogP contribution is -2.64. The van der Waals surface area contributed by atoms with E-state index >= 15 is 0 Å². The number of benzene rings is 1. The molecule has 1 aromatic carbocycles. The molecule has 2 aromatic rings. The van der Waals surface area contributed by atoms with Crippen molar-refractivity contribution in [3.05, 3.63) is 66.0 Å². The van der Waals surface area contributed by atoms with Crippen molar-refractivity contribution in [3.63, 3.8) is 0 Å². The summed E-state index contributed by atoms with van der Waals surface area (Å²) in [6.07, 6.45) is 3.43. The van der Waals surface area contributed by atoms with Crippen molar-refractivity contribution in [1.82, 2.24) is 19.7 Å². The van der Waals surface area contributed by atoms with Crippen LogP contribution in [-0.2, 0) is 16.8 Å². The van der Waals surface area contributed by atoms with Crippen molar-refractivity contribution in [3.8, 4) is 0 Å². The van der Waals surface area contributed by atoms with Crippen LogP contribution in [0.2, 0.25) is 0 Å². The molecule has 6 heteroatoms. The van der Waals surface area contributed by atoms with Crippen molar-refractivity contribution < 1.29 is 9.90 Å². The number of aryl methyl sites for hydroxylation is 1. The minimum atomic E-state index is -0.936. The molecule has 0 saturated carbocycles. The molecule has 0 radical (unpaired) electrons. The second-order valence-corrected chi connectivity index (χ2v) is 8.56. The molecule has 4 rings (SSSR count). The highest BCUT2D eigenvalue weighted by Gasteiger charge is 2.46. The number of rotatable bonds is 5. The number of aromatic nitrogens is 1. The number of hydrogen-bond acceptors (Lipinski definition) is 5. The van der Waals surface area contributed by atoms with Crippen LogP contribution < -0.4 is 0 Å². The third-order valence-electron chi connectivity index (χ3n) is 6.63. The van der Waals surface area contributed by atoms with Crippen molar-refractivity contribution in [2.75, 3.05) is 46.3 Å². The van der Waals surface area contributed by atoms with Gasteiger partial charge >= 0.3 is 0 Å². The highest BCUT2D eigenvalue weighted by Crippen LogP contribution is 2.36. The zero-order valence-electron chi connectivity index (χ0n) is 17.8. The van der Waals surface area contributed by atoms with Gasteiger partial charge in [-0.15, -0.1) is 0 Å². The first-order valence-electron chi connectivity index (χ1n) is 10.9. The normalized spacial score (nSPS) is 25.9. The second-order valence-electron chi connectivity index (χ2n) is 8.56. The number of aliphatic hydroxyl groups is 1. The number of likely N-dealkylation sites (tertiary alicyclic amines) is 1. The van der Waals surface area contributed by atoms with Crippen LogP contribution in [0.4, 0.5) is 0 Å². The SMILES string of the molecule is CN1CCN([C@@H]2CN(C(=O)CCc3ccccn3)CC[C@]2(O)c2ccccc2)CC1. The Balaban J connectivity index is 1.49. The van der Waals surface area contributed by atoms with E-state index in [1.54, 1.807) is 6.20 Å². The van der Waals surface area contributed by atoms with Gasteiger partial charge in [0.15, 0.2) is 0 Å². The third kappa shape index (κ3) is 4.56. The van der Waals surface area contributed by atoms with E-state index in [0.717, 1.165) is 37.4 Å². The number of likely N-dealkylation sites (N-methyl/N-ethyl adjacent to an activating group) is 1. The molecule has 160 valence electrons.